The van der Waals surface area contributed by atoms with E-state index >= 15 is 0 Å². The highest BCUT2D eigenvalue weighted by Crippen LogP contribution is 2.11. The summed E-state index contributed by atoms with van der Waals surface area (Å²) in [5.74, 6) is -0.724. The molecule has 0 aromatic heterocycles. The average molecular weight is 216 g/mol. The second kappa shape index (κ2) is 9.97. The maximum atomic E-state index is 10.2. The molecule has 0 bridgehead atoms. The third-order valence-corrected chi connectivity index (χ3v) is 2.57. The van der Waals surface area contributed by atoms with Crippen molar-refractivity contribution in [2.24, 2.45) is 0 Å². The van der Waals surface area contributed by atoms with Crippen molar-refractivity contribution in [1.82, 2.24) is 0 Å². The monoisotopic (exact) mass is 216 g/mol. The Labute approximate surface area is 92.5 Å². The van der Waals surface area contributed by atoms with Crippen molar-refractivity contribution < 1.29 is 15.0 Å². The molecule has 0 spiro atoms. The van der Waals surface area contributed by atoms with Gasteiger partial charge in [-0.05, 0) is 19.3 Å². The number of aliphatic hydroxyl groups excluding tert-OH is 1. The molecule has 1 atom stereocenters. The van der Waals surface area contributed by atoms with Gasteiger partial charge in [0, 0.05) is 6.42 Å². The van der Waals surface area contributed by atoms with Gasteiger partial charge in [-0.1, -0.05) is 39.0 Å². The number of hydrogen-bond donors (Lipinski definition) is 2. The van der Waals surface area contributed by atoms with Crippen molar-refractivity contribution in [3.8, 4) is 0 Å². The lowest BCUT2D eigenvalue weighted by Gasteiger charge is -2.09. The summed E-state index contributed by atoms with van der Waals surface area (Å²) in [6, 6.07) is 0. The molecule has 0 aromatic rings. The van der Waals surface area contributed by atoms with E-state index in [0.717, 1.165) is 38.5 Å². The third kappa shape index (κ3) is 11.4. The van der Waals surface area contributed by atoms with Crippen LogP contribution in [-0.4, -0.2) is 22.3 Å². The fraction of sp³-hybridized carbons (Fsp3) is 0.917. The number of carbonyl (C=O) groups is 1. The Morgan fingerprint density at radius 3 is 2.20 bits per heavy atom. The molecular formula is C12H24O3. The van der Waals surface area contributed by atoms with Gasteiger partial charge in [0.25, 0.3) is 0 Å². The maximum absolute atomic E-state index is 10.2. The number of aliphatic hydroxyl groups is 1. The molecule has 0 heterocycles. The summed E-state index contributed by atoms with van der Waals surface area (Å²) in [5.41, 5.74) is 0. The van der Waals surface area contributed by atoms with Crippen molar-refractivity contribution in [2.45, 2.75) is 70.8 Å². The van der Waals surface area contributed by atoms with Crippen LogP contribution in [0.3, 0.4) is 0 Å². The van der Waals surface area contributed by atoms with Crippen LogP contribution < -0.4 is 0 Å². The van der Waals surface area contributed by atoms with E-state index in [1.807, 2.05) is 0 Å². The van der Waals surface area contributed by atoms with Gasteiger partial charge in [-0.3, -0.25) is 4.79 Å². The van der Waals surface area contributed by atoms with Gasteiger partial charge in [-0.2, -0.15) is 0 Å². The van der Waals surface area contributed by atoms with Crippen LogP contribution in [0.15, 0.2) is 0 Å². The molecule has 15 heavy (non-hydrogen) atoms. The van der Waals surface area contributed by atoms with Crippen LogP contribution in [0.4, 0.5) is 0 Å². The molecule has 0 unspecified atom stereocenters. The van der Waals surface area contributed by atoms with Crippen LogP contribution in [0.2, 0.25) is 0 Å². The van der Waals surface area contributed by atoms with E-state index in [1.54, 1.807) is 0 Å². The first-order valence-electron chi connectivity index (χ1n) is 6.06. The van der Waals surface area contributed by atoms with Gasteiger partial charge in [-0.15, -0.1) is 0 Å². The predicted octanol–water partition coefficient (Wildman–Crippen LogP) is 2.96. The zero-order valence-electron chi connectivity index (χ0n) is 9.74. The number of hydrogen-bond acceptors (Lipinski definition) is 2. The molecule has 0 aliphatic carbocycles. The van der Waals surface area contributed by atoms with E-state index in [0.29, 0.717) is 0 Å². The lowest BCUT2D eigenvalue weighted by Crippen LogP contribution is -2.06. The SMILES string of the molecule is CCCCC[C@H](O)CCCCCC(=O)O. The van der Waals surface area contributed by atoms with E-state index in [2.05, 4.69) is 6.92 Å². The van der Waals surface area contributed by atoms with Crippen LogP contribution >= 0.6 is 0 Å². The van der Waals surface area contributed by atoms with E-state index in [-0.39, 0.29) is 12.5 Å². The standard InChI is InChI=1S/C12H24O3/c1-2-3-5-8-11(13)9-6-4-7-10-12(14)15/h11,13H,2-10H2,1H3,(H,14,15)/t11-/m0/s1. The topological polar surface area (TPSA) is 57.5 Å². The molecule has 0 amide bonds. The van der Waals surface area contributed by atoms with Crippen molar-refractivity contribution >= 4 is 5.97 Å². The number of carboxylic acids is 1. The highest BCUT2D eigenvalue weighted by atomic mass is 16.4. The normalized spacial score (nSPS) is 12.7. The summed E-state index contributed by atoms with van der Waals surface area (Å²) >= 11 is 0. The Hall–Kier alpha value is -0.570. The summed E-state index contributed by atoms with van der Waals surface area (Å²) in [6.07, 6.45) is 7.87. The van der Waals surface area contributed by atoms with Crippen molar-refractivity contribution in [3.05, 3.63) is 0 Å². The molecule has 0 aliphatic heterocycles. The van der Waals surface area contributed by atoms with Gasteiger partial charge in [0.1, 0.15) is 0 Å². The van der Waals surface area contributed by atoms with Crippen molar-refractivity contribution in [1.29, 1.82) is 0 Å². The van der Waals surface area contributed by atoms with Crippen molar-refractivity contribution in [2.75, 3.05) is 0 Å². The second-order valence-electron chi connectivity index (χ2n) is 4.14. The van der Waals surface area contributed by atoms with E-state index in [9.17, 15) is 9.90 Å². The third-order valence-electron chi connectivity index (χ3n) is 2.57. The molecule has 2 N–H and O–H groups in total. The summed E-state index contributed by atoms with van der Waals surface area (Å²) in [5, 5.41) is 18.0. The van der Waals surface area contributed by atoms with Crippen molar-refractivity contribution in [3.63, 3.8) is 0 Å². The first-order chi connectivity index (χ1) is 7.16. The number of aliphatic carboxylic acids is 1. The van der Waals surface area contributed by atoms with E-state index in [1.165, 1.54) is 12.8 Å². The lowest BCUT2D eigenvalue weighted by molar-refractivity contribution is -0.137. The van der Waals surface area contributed by atoms with E-state index in [4.69, 9.17) is 5.11 Å². The molecular weight excluding hydrogens is 192 g/mol. The predicted molar refractivity (Wildman–Crippen MR) is 60.9 cm³/mol. The second-order valence-corrected chi connectivity index (χ2v) is 4.14. The first kappa shape index (κ1) is 14.4. The average Bonchev–Trinajstić information content (AvgIpc) is 2.17. The Bertz CT molecular complexity index is 157. The number of carboxylic acid groups (broad SMARTS) is 1. The quantitative estimate of drug-likeness (QED) is 0.552. The van der Waals surface area contributed by atoms with Crippen LogP contribution in [0.25, 0.3) is 0 Å². The molecule has 0 rings (SSSR count). The van der Waals surface area contributed by atoms with Gasteiger partial charge in [0.05, 0.1) is 6.10 Å². The minimum atomic E-state index is -0.724. The summed E-state index contributed by atoms with van der Waals surface area (Å²) < 4.78 is 0. The molecule has 3 nitrogen and oxygen atoms in total. The molecule has 0 saturated carbocycles. The number of unbranched alkanes of at least 4 members (excludes halogenated alkanes) is 4. The molecule has 3 heteroatoms. The summed E-state index contributed by atoms with van der Waals surface area (Å²) in [6.45, 7) is 2.15. The highest BCUT2D eigenvalue weighted by Gasteiger charge is 2.03. The van der Waals surface area contributed by atoms with Gasteiger partial charge in [0.2, 0.25) is 0 Å². The smallest absolute Gasteiger partial charge is 0.303 e. The zero-order valence-corrected chi connectivity index (χ0v) is 9.74. The lowest BCUT2D eigenvalue weighted by atomic mass is 10.0. The molecule has 0 aliphatic rings. The van der Waals surface area contributed by atoms with Gasteiger partial charge >= 0.3 is 5.97 Å². The van der Waals surface area contributed by atoms with Crippen LogP contribution in [0.5, 0.6) is 0 Å². The van der Waals surface area contributed by atoms with Gasteiger partial charge in [-0.25, -0.2) is 0 Å². The largest absolute Gasteiger partial charge is 0.481 e. The summed E-state index contributed by atoms with van der Waals surface area (Å²) in [7, 11) is 0. The fourth-order valence-corrected chi connectivity index (χ4v) is 1.61. The highest BCUT2D eigenvalue weighted by molar-refractivity contribution is 5.66. The minimum absolute atomic E-state index is 0.179. The molecule has 0 fully saturated rings. The summed E-state index contributed by atoms with van der Waals surface area (Å²) in [4.78, 5) is 10.2. The van der Waals surface area contributed by atoms with Gasteiger partial charge < -0.3 is 10.2 Å². The molecule has 0 radical (unpaired) electrons. The molecule has 0 aromatic carbocycles. The Balaban J connectivity index is 3.16. The molecule has 90 valence electrons. The van der Waals surface area contributed by atoms with Gasteiger partial charge in [0.15, 0.2) is 0 Å². The minimum Gasteiger partial charge on any atom is -0.481 e. The Morgan fingerprint density at radius 2 is 1.67 bits per heavy atom. The maximum Gasteiger partial charge on any atom is 0.303 e. The fourth-order valence-electron chi connectivity index (χ4n) is 1.61. The van der Waals surface area contributed by atoms with E-state index < -0.39 is 5.97 Å². The molecule has 0 saturated heterocycles. The Morgan fingerprint density at radius 1 is 1.07 bits per heavy atom. The number of rotatable bonds is 10. The van der Waals surface area contributed by atoms with Crippen LogP contribution in [-0.2, 0) is 4.79 Å². The van der Waals surface area contributed by atoms with Crippen LogP contribution in [0.1, 0.15) is 64.7 Å². The first-order valence-corrected chi connectivity index (χ1v) is 6.06. The Kier molecular flexibility index (Phi) is 9.59. The van der Waals surface area contributed by atoms with Crippen LogP contribution in [0, 0.1) is 0 Å². The zero-order chi connectivity index (χ0) is 11.5.